The van der Waals surface area contributed by atoms with Crippen molar-refractivity contribution in [2.24, 2.45) is 0 Å². The largest absolute Gasteiger partial charge is 0.338 e. The number of carbonyl (C=O) groups is 1. The van der Waals surface area contributed by atoms with Crippen molar-refractivity contribution in [3.8, 4) is 0 Å². The normalized spacial score (nSPS) is 11.1. The Morgan fingerprint density at radius 3 is 2.50 bits per heavy atom. The van der Waals surface area contributed by atoms with Gasteiger partial charge in [0, 0.05) is 11.3 Å². The van der Waals surface area contributed by atoms with Crippen molar-refractivity contribution in [1.29, 1.82) is 0 Å². The first-order valence-corrected chi connectivity index (χ1v) is 9.97. The number of anilines is 1. The zero-order valence-electron chi connectivity index (χ0n) is 17.8. The van der Waals surface area contributed by atoms with E-state index in [1.54, 1.807) is 4.90 Å². The first kappa shape index (κ1) is 21.5. The highest BCUT2D eigenvalue weighted by Crippen LogP contribution is 2.19. The molecule has 0 unspecified atom stereocenters. The number of fused-ring (bicyclic) bond motifs is 1. The molecule has 0 saturated carbocycles. The number of urea groups is 1. The van der Waals surface area contributed by atoms with Gasteiger partial charge in [0.2, 0.25) is 0 Å². The van der Waals surface area contributed by atoms with Crippen LogP contribution in [-0.4, -0.2) is 43.1 Å². The number of carbonyl (C=O) groups excluding carboxylic acids is 1. The molecule has 6 nitrogen and oxygen atoms in total. The first-order valence-electron chi connectivity index (χ1n) is 9.97. The van der Waals surface area contributed by atoms with Gasteiger partial charge in [0.15, 0.2) is 0 Å². The third-order valence-electron chi connectivity index (χ3n) is 5.25. The minimum atomic E-state index is -0.366. The molecule has 0 bridgehead atoms. The minimum Gasteiger partial charge on any atom is -0.338 e. The van der Waals surface area contributed by atoms with Crippen LogP contribution in [0.1, 0.15) is 16.7 Å². The van der Waals surface area contributed by atoms with Crippen LogP contribution >= 0.6 is 0 Å². The lowest BCUT2D eigenvalue weighted by Crippen LogP contribution is -3.06. The SMILES string of the molecule is Cc1ccc2cc(CN(CC[NH+](C)C)C(=O)Nc3ccc(F)cc3)c(=O)[nH]c2c1C. The molecule has 30 heavy (non-hydrogen) atoms. The van der Waals surface area contributed by atoms with Gasteiger partial charge in [-0.3, -0.25) is 4.79 Å². The minimum absolute atomic E-state index is 0.179. The quantitative estimate of drug-likeness (QED) is 0.583. The number of hydrogen-bond acceptors (Lipinski definition) is 2. The zero-order chi connectivity index (χ0) is 21.8. The number of benzene rings is 2. The van der Waals surface area contributed by atoms with E-state index in [1.807, 2.05) is 46.1 Å². The van der Waals surface area contributed by atoms with Crippen LogP contribution in [0.25, 0.3) is 10.9 Å². The molecule has 2 amide bonds. The van der Waals surface area contributed by atoms with E-state index in [2.05, 4.69) is 10.3 Å². The molecular formula is C23H28FN4O2+. The van der Waals surface area contributed by atoms with Crippen LogP contribution in [0, 0.1) is 19.7 Å². The maximum Gasteiger partial charge on any atom is 0.322 e. The lowest BCUT2D eigenvalue weighted by Gasteiger charge is -2.23. The number of hydrogen-bond donors (Lipinski definition) is 3. The zero-order valence-corrected chi connectivity index (χ0v) is 17.8. The van der Waals surface area contributed by atoms with Gasteiger partial charge in [0.1, 0.15) is 5.82 Å². The Hall–Kier alpha value is -3.19. The number of amides is 2. The van der Waals surface area contributed by atoms with Crippen LogP contribution in [0.2, 0.25) is 0 Å². The van der Waals surface area contributed by atoms with Crippen LogP contribution in [-0.2, 0) is 6.54 Å². The van der Waals surface area contributed by atoms with Crippen molar-refractivity contribution in [2.45, 2.75) is 20.4 Å². The Labute approximate surface area is 175 Å². The van der Waals surface area contributed by atoms with E-state index in [0.717, 1.165) is 28.6 Å². The van der Waals surface area contributed by atoms with Crippen molar-refractivity contribution in [3.05, 3.63) is 75.3 Å². The van der Waals surface area contributed by atoms with E-state index in [1.165, 1.54) is 29.2 Å². The lowest BCUT2D eigenvalue weighted by molar-refractivity contribution is -0.857. The topological polar surface area (TPSA) is 69.6 Å². The van der Waals surface area contributed by atoms with Gasteiger partial charge < -0.3 is 20.1 Å². The van der Waals surface area contributed by atoms with Gasteiger partial charge in [-0.1, -0.05) is 12.1 Å². The molecule has 0 fully saturated rings. The summed E-state index contributed by atoms with van der Waals surface area (Å²) in [5, 5.41) is 3.72. The molecule has 7 heteroatoms. The summed E-state index contributed by atoms with van der Waals surface area (Å²) in [4.78, 5) is 31.4. The third-order valence-corrected chi connectivity index (χ3v) is 5.25. The third kappa shape index (κ3) is 5.04. The fourth-order valence-electron chi connectivity index (χ4n) is 3.24. The second-order valence-corrected chi connectivity index (χ2v) is 7.91. The van der Waals surface area contributed by atoms with Crippen LogP contribution in [0.4, 0.5) is 14.9 Å². The molecule has 0 spiro atoms. The molecule has 0 aliphatic carbocycles. The summed E-state index contributed by atoms with van der Waals surface area (Å²) in [7, 11) is 4.01. The summed E-state index contributed by atoms with van der Waals surface area (Å²) in [5.41, 5.74) is 3.80. The number of halogens is 1. The highest BCUT2D eigenvalue weighted by Gasteiger charge is 2.18. The van der Waals surface area contributed by atoms with Crippen molar-refractivity contribution < 1.29 is 14.1 Å². The second-order valence-electron chi connectivity index (χ2n) is 7.91. The molecule has 3 rings (SSSR count). The predicted octanol–water partition coefficient (Wildman–Crippen LogP) is 2.46. The van der Waals surface area contributed by atoms with E-state index >= 15 is 0 Å². The Balaban J connectivity index is 1.87. The smallest absolute Gasteiger partial charge is 0.322 e. The molecule has 1 heterocycles. The number of aromatic amines is 1. The van der Waals surface area contributed by atoms with Gasteiger partial charge in [-0.15, -0.1) is 0 Å². The summed E-state index contributed by atoms with van der Waals surface area (Å²) >= 11 is 0. The summed E-state index contributed by atoms with van der Waals surface area (Å²) in [6.45, 7) is 5.36. The molecule has 0 radical (unpaired) electrons. The van der Waals surface area contributed by atoms with Crippen molar-refractivity contribution in [2.75, 3.05) is 32.5 Å². The maximum atomic E-state index is 13.1. The van der Waals surface area contributed by atoms with Gasteiger partial charge in [0.25, 0.3) is 5.56 Å². The van der Waals surface area contributed by atoms with Crippen molar-refractivity contribution in [1.82, 2.24) is 9.88 Å². The number of rotatable bonds is 6. The number of quaternary nitrogens is 1. The van der Waals surface area contributed by atoms with Crippen molar-refractivity contribution in [3.63, 3.8) is 0 Å². The average Bonchev–Trinajstić information content (AvgIpc) is 2.70. The van der Waals surface area contributed by atoms with E-state index in [4.69, 9.17) is 0 Å². The number of pyridine rings is 1. The number of aryl methyl sites for hydroxylation is 2. The molecule has 3 aromatic rings. The number of H-pyrrole nitrogens is 1. The van der Waals surface area contributed by atoms with Crippen LogP contribution < -0.4 is 15.8 Å². The summed E-state index contributed by atoms with van der Waals surface area (Å²) in [6.07, 6.45) is 0. The summed E-state index contributed by atoms with van der Waals surface area (Å²) in [5.74, 6) is -0.366. The molecule has 2 aromatic carbocycles. The second kappa shape index (κ2) is 9.09. The molecule has 0 aliphatic heterocycles. The molecule has 1 aromatic heterocycles. The first-order chi connectivity index (χ1) is 14.2. The van der Waals surface area contributed by atoms with Crippen LogP contribution in [0.15, 0.2) is 47.3 Å². The number of nitrogens with zero attached hydrogens (tertiary/aromatic N) is 1. The average molecular weight is 412 g/mol. The van der Waals surface area contributed by atoms with Gasteiger partial charge in [0.05, 0.1) is 39.2 Å². The molecule has 0 aliphatic rings. The predicted molar refractivity (Wildman–Crippen MR) is 118 cm³/mol. The van der Waals surface area contributed by atoms with E-state index in [0.29, 0.717) is 17.8 Å². The molecule has 3 N–H and O–H groups in total. The lowest BCUT2D eigenvalue weighted by atomic mass is 10.0. The molecule has 0 atom stereocenters. The van der Waals surface area contributed by atoms with E-state index < -0.39 is 0 Å². The van der Waals surface area contributed by atoms with Crippen molar-refractivity contribution >= 4 is 22.6 Å². The number of likely N-dealkylation sites (N-methyl/N-ethyl adjacent to an activating group) is 1. The van der Waals surface area contributed by atoms with E-state index in [9.17, 15) is 14.0 Å². The highest BCUT2D eigenvalue weighted by atomic mass is 19.1. The van der Waals surface area contributed by atoms with Gasteiger partial charge in [-0.25, -0.2) is 9.18 Å². The van der Waals surface area contributed by atoms with Crippen LogP contribution in [0.5, 0.6) is 0 Å². The Kier molecular flexibility index (Phi) is 6.52. The molecular weight excluding hydrogens is 383 g/mol. The number of nitrogens with one attached hydrogen (secondary N) is 3. The number of aromatic nitrogens is 1. The standard InChI is InChI=1S/C23H27FN4O2/c1-15-5-6-17-13-18(22(29)26-21(17)16(15)2)14-28(12-11-27(3)4)23(30)25-20-9-7-19(24)8-10-20/h5-10,13H,11-12,14H2,1-4H3,(H,25,30)(H,26,29)/p+1. The maximum absolute atomic E-state index is 13.1. The molecule has 158 valence electrons. The van der Waals surface area contributed by atoms with Gasteiger partial charge >= 0.3 is 6.03 Å². The van der Waals surface area contributed by atoms with Crippen LogP contribution in [0.3, 0.4) is 0 Å². The Morgan fingerprint density at radius 2 is 1.83 bits per heavy atom. The fourth-order valence-corrected chi connectivity index (χ4v) is 3.24. The van der Waals surface area contributed by atoms with Gasteiger partial charge in [-0.05, 0) is 60.7 Å². The summed E-state index contributed by atoms with van der Waals surface area (Å²) < 4.78 is 13.1. The monoisotopic (exact) mass is 411 g/mol. The van der Waals surface area contributed by atoms with Gasteiger partial charge in [-0.2, -0.15) is 0 Å². The highest BCUT2D eigenvalue weighted by molar-refractivity contribution is 5.89. The Bertz CT molecular complexity index is 1110. The Morgan fingerprint density at radius 1 is 1.13 bits per heavy atom. The molecule has 0 saturated heterocycles. The van der Waals surface area contributed by atoms with E-state index in [-0.39, 0.29) is 24.0 Å². The fraction of sp³-hybridized carbons (Fsp3) is 0.304. The summed E-state index contributed by atoms with van der Waals surface area (Å²) in [6, 6.07) is 11.1.